The molecule has 0 aliphatic heterocycles. The van der Waals surface area contributed by atoms with Crippen molar-refractivity contribution >= 4 is 15.9 Å². The molecule has 1 aromatic heterocycles. The van der Waals surface area contributed by atoms with Gasteiger partial charge in [0.05, 0.1) is 17.2 Å². The van der Waals surface area contributed by atoms with Crippen molar-refractivity contribution in [3.63, 3.8) is 0 Å². The summed E-state index contributed by atoms with van der Waals surface area (Å²) in [5, 5.41) is 3.83. The molecular formula is C10H14BrF3N2O. The van der Waals surface area contributed by atoms with Gasteiger partial charge in [0, 0.05) is 6.20 Å². The van der Waals surface area contributed by atoms with Crippen molar-refractivity contribution in [2.24, 2.45) is 0 Å². The first-order valence-electron chi connectivity index (χ1n) is 5.22. The van der Waals surface area contributed by atoms with Crippen LogP contribution in [0.3, 0.4) is 0 Å². The molecule has 1 atom stereocenters. The molecule has 98 valence electrons. The van der Waals surface area contributed by atoms with Crippen molar-refractivity contribution in [2.75, 3.05) is 0 Å². The standard InChI is InChI=1S/C10H14BrF3N2O/c1-3-7(2)17-5-9-8(11)4-16(15-9)6-10(12,13)14/h4,7H,3,5-6H2,1-2H3/t7-/m1/s1. The van der Waals surface area contributed by atoms with Crippen LogP contribution < -0.4 is 0 Å². The molecule has 17 heavy (non-hydrogen) atoms. The lowest BCUT2D eigenvalue weighted by Gasteiger charge is -2.09. The van der Waals surface area contributed by atoms with Crippen LogP contribution >= 0.6 is 15.9 Å². The van der Waals surface area contributed by atoms with Crippen molar-refractivity contribution in [1.82, 2.24) is 9.78 Å². The normalized spacial score (nSPS) is 14.0. The van der Waals surface area contributed by atoms with Gasteiger partial charge in [-0.2, -0.15) is 18.3 Å². The van der Waals surface area contributed by atoms with Gasteiger partial charge in [-0.1, -0.05) is 6.92 Å². The van der Waals surface area contributed by atoms with Crippen LogP contribution in [0, 0.1) is 0 Å². The van der Waals surface area contributed by atoms with Gasteiger partial charge in [-0.15, -0.1) is 0 Å². The van der Waals surface area contributed by atoms with Crippen LogP contribution in [0.5, 0.6) is 0 Å². The molecule has 0 spiro atoms. The van der Waals surface area contributed by atoms with E-state index in [0.717, 1.165) is 11.1 Å². The number of hydrogen-bond donors (Lipinski definition) is 0. The molecule has 0 bridgehead atoms. The first-order valence-corrected chi connectivity index (χ1v) is 6.01. The Morgan fingerprint density at radius 1 is 1.53 bits per heavy atom. The number of rotatable bonds is 5. The van der Waals surface area contributed by atoms with Crippen LogP contribution in [0.25, 0.3) is 0 Å². The SMILES string of the molecule is CC[C@@H](C)OCc1nn(CC(F)(F)F)cc1Br. The van der Waals surface area contributed by atoms with Gasteiger partial charge in [-0.05, 0) is 29.3 Å². The largest absolute Gasteiger partial charge is 0.408 e. The molecule has 0 amide bonds. The monoisotopic (exact) mass is 314 g/mol. The summed E-state index contributed by atoms with van der Waals surface area (Å²) in [5.74, 6) is 0. The Balaban J connectivity index is 2.62. The smallest absolute Gasteiger partial charge is 0.372 e. The molecule has 1 rings (SSSR count). The third-order valence-electron chi connectivity index (χ3n) is 2.21. The molecule has 0 aromatic carbocycles. The summed E-state index contributed by atoms with van der Waals surface area (Å²) < 4.78 is 43.2. The predicted molar refractivity (Wildman–Crippen MR) is 60.5 cm³/mol. The topological polar surface area (TPSA) is 27.1 Å². The van der Waals surface area contributed by atoms with E-state index in [0.29, 0.717) is 10.2 Å². The van der Waals surface area contributed by atoms with Crippen molar-refractivity contribution in [3.05, 3.63) is 16.4 Å². The number of ether oxygens (including phenoxy) is 1. The van der Waals surface area contributed by atoms with Crippen LogP contribution in [0.4, 0.5) is 13.2 Å². The summed E-state index contributed by atoms with van der Waals surface area (Å²) >= 11 is 3.17. The second-order valence-corrected chi connectivity index (χ2v) is 4.62. The molecule has 0 aliphatic carbocycles. The van der Waals surface area contributed by atoms with E-state index in [-0.39, 0.29) is 12.7 Å². The fourth-order valence-corrected chi connectivity index (χ4v) is 1.57. The average Bonchev–Trinajstić information content (AvgIpc) is 2.52. The van der Waals surface area contributed by atoms with Crippen LogP contribution in [0.15, 0.2) is 10.7 Å². The van der Waals surface area contributed by atoms with E-state index in [2.05, 4.69) is 21.0 Å². The summed E-state index contributed by atoms with van der Waals surface area (Å²) in [6.45, 7) is 3.00. The fourth-order valence-electron chi connectivity index (χ4n) is 1.14. The van der Waals surface area contributed by atoms with Gasteiger partial charge in [0.15, 0.2) is 0 Å². The number of aromatic nitrogens is 2. The first-order chi connectivity index (χ1) is 7.81. The Morgan fingerprint density at radius 2 is 2.18 bits per heavy atom. The van der Waals surface area contributed by atoms with Gasteiger partial charge in [0.2, 0.25) is 0 Å². The van der Waals surface area contributed by atoms with E-state index < -0.39 is 12.7 Å². The molecule has 1 heterocycles. The second kappa shape index (κ2) is 5.86. The van der Waals surface area contributed by atoms with Gasteiger partial charge >= 0.3 is 6.18 Å². The maximum atomic E-state index is 12.1. The van der Waals surface area contributed by atoms with Gasteiger partial charge in [-0.25, -0.2) is 0 Å². The van der Waals surface area contributed by atoms with Crippen molar-refractivity contribution in [3.8, 4) is 0 Å². The Hall–Kier alpha value is -0.560. The molecule has 0 fully saturated rings. The van der Waals surface area contributed by atoms with E-state index in [4.69, 9.17) is 4.74 Å². The van der Waals surface area contributed by atoms with E-state index >= 15 is 0 Å². The second-order valence-electron chi connectivity index (χ2n) is 3.77. The Morgan fingerprint density at radius 3 is 2.71 bits per heavy atom. The van der Waals surface area contributed by atoms with E-state index in [1.807, 2.05) is 13.8 Å². The Bertz CT molecular complexity index is 365. The first kappa shape index (κ1) is 14.5. The quantitative estimate of drug-likeness (QED) is 0.831. The molecule has 3 nitrogen and oxygen atoms in total. The zero-order valence-corrected chi connectivity index (χ0v) is 11.2. The molecule has 0 N–H and O–H groups in total. The molecular weight excluding hydrogens is 301 g/mol. The summed E-state index contributed by atoms with van der Waals surface area (Å²) in [6.07, 6.45) is -2.04. The predicted octanol–water partition coefficient (Wildman–Crippen LogP) is 3.52. The molecule has 1 aromatic rings. The maximum absolute atomic E-state index is 12.1. The average molecular weight is 315 g/mol. The molecule has 0 saturated carbocycles. The maximum Gasteiger partial charge on any atom is 0.408 e. The lowest BCUT2D eigenvalue weighted by atomic mass is 10.3. The van der Waals surface area contributed by atoms with E-state index in [1.54, 1.807) is 0 Å². The number of hydrogen-bond acceptors (Lipinski definition) is 2. The zero-order chi connectivity index (χ0) is 13.1. The molecule has 7 heteroatoms. The summed E-state index contributed by atoms with van der Waals surface area (Å²) in [7, 11) is 0. The van der Waals surface area contributed by atoms with Crippen molar-refractivity contribution < 1.29 is 17.9 Å². The summed E-state index contributed by atoms with van der Waals surface area (Å²) in [4.78, 5) is 0. The number of alkyl halides is 3. The highest BCUT2D eigenvalue weighted by Crippen LogP contribution is 2.21. The number of nitrogens with zero attached hydrogens (tertiary/aromatic N) is 2. The molecule has 0 saturated heterocycles. The van der Waals surface area contributed by atoms with Gasteiger partial charge in [0.1, 0.15) is 12.2 Å². The highest BCUT2D eigenvalue weighted by atomic mass is 79.9. The molecule has 0 radical (unpaired) electrons. The van der Waals surface area contributed by atoms with Crippen molar-refractivity contribution in [2.45, 2.75) is 45.7 Å². The minimum absolute atomic E-state index is 0.0645. The van der Waals surface area contributed by atoms with Crippen LogP contribution in [-0.2, 0) is 17.9 Å². The lowest BCUT2D eigenvalue weighted by molar-refractivity contribution is -0.142. The lowest BCUT2D eigenvalue weighted by Crippen LogP contribution is -2.18. The van der Waals surface area contributed by atoms with Gasteiger partial charge in [-0.3, -0.25) is 4.68 Å². The Kier molecular flexibility index (Phi) is 5.00. The van der Waals surface area contributed by atoms with E-state index in [9.17, 15) is 13.2 Å². The number of halogens is 4. The highest BCUT2D eigenvalue weighted by molar-refractivity contribution is 9.10. The van der Waals surface area contributed by atoms with Gasteiger partial charge in [0.25, 0.3) is 0 Å². The highest BCUT2D eigenvalue weighted by Gasteiger charge is 2.28. The fraction of sp³-hybridized carbons (Fsp3) is 0.700. The zero-order valence-electron chi connectivity index (χ0n) is 9.59. The van der Waals surface area contributed by atoms with Crippen molar-refractivity contribution in [1.29, 1.82) is 0 Å². The Labute approximate surface area is 106 Å². The summed E-state index contributed by atoms with van der Waals surface area (Å²) in [6, 6.07) is 0. The molecule has 0 unspecified atom stereocenters. The minimum atomic E-state index is -4.26. The minimum Gasteiger partial charge on any atom is -0.372 e. The molecule has 0 aliphatic rings. The van der Waals surface area contributed by atoms with E-state index in [1.165, 1.54) is 6.20 Å². The van der Waals surface area contributed by atoms with Crippen LogP contribution in [-0.4, -0.2) is 22.1 Å². The third-order valence-corrected chi connectivity index (χ3v) is 2.87. The third kappa shape index (κ3) is 5.08. The summed E-state index contributed by atoms with van der Waals surface area (Å²) in [5.41, 5.74) is 0.481. The van der Waals surface area contributed by atoms with Crippen LogP contribution in [0.1, 0.15) is 26.0 Å². The van der Waals surface area contributed by atoms with Crippen LogP contribution in [0.2, 0.25) is 0 Å². The van der Waals surface area contributed by atoms with Gasteiger partial charge < -0.3 is 4.74 Å².